The third-order valence-electron chi connectivity index (χ3n) is 2.32. The van der Waals surface area contributed by atoms with Gasteiger partial charge in [0.2, 0.25) is 0 Å². The molecule has 0 spiro atoms. The van der Waals surface area contributed by atoms with Gasteiger partial charge < -0.3 is 10.2 Å². The van der Waals surface area contributed by atoms with E-state index >= 15 is 0 Å². The van der Waals surface area contributed by atoms with Crippen molar-refractivity contribution in [3.8, 4) is 0 Å². The van der Waals surface area contributed by atoms with E-state index < -0.39 is 0 Å². The van der Waals surface area contributed by atoms with Crippen LogP contribution in [0.15, 0.2) is 49.6 Å². The Labute approximate surface area is 107 Å². The predicted octanol–water partition coefficient (Wildman–Crippen LogP) is 2.71. The zero-order chi connectivity index (χ0) is 13.4. The first kappa shape index (κ1) is 14.0. The van der Waals surface area contributed by atoms with Gasteiger partial charge >= 0.3 is 6.03 Å². The number of carbonyl (C=O) groups is 1. The van der Waals surface area contributed by atoms with Crippen molar-refractivity contribution >= 4 is 6.03 Å². The lowest BCUT2D eigenvalue weighted by atomic mass is 10.2. The van der Waals surface area contributed by atoms with Gasteiger partial charge in [-0.3, -0.25) is 0 Å². The first-order chi connectivity index (χ1) is 8.67. The summed E-state index contributed by atoms with van der Waals surface area (Å²) in [6.45, 7) is 8.36. The Balaban J connectivity index is 2.53. The molecule has 1 rings (SSSR count). The Morgan fingerprint density at radius 2 is 2.00 bits per heavy atom. The normalized spacial score (nSPS) is 9.61. The first-order valence-corrected chi connectivity index (χ1v) is 5.66. The van der Waals surface area contributed by atoms with Gasteiger partial charge in [-0.15, -0.1) is 13.2 Å². The predicted molar refractivity (Wildman–Crippen MR) is 70.6 cm³/mol. The summed E-state index contributed by atoms with van der Waals surface area (Å²) >= 11 is 0. The molecule has 0 aliphatic carbocycles. The summed E-state index contributed by atoms with van der Waals surface area (Å²) < 4.78 is 12.9. The Kier molecular flexibility index (Phi) is 5.64. The van der Waals surface area contributed by atoms with E-state index in [2.05, 4.69) is 18.5 Å². The van der Waals surface area contributed by atoms with E-state index in [0.717, 1.165) is 5.56 Å². The van der Waals surface area contributed by atoms with E-state index in [1.54, 1.807) is 29.2 Å². The van der Waals surface area contributed by atoms with Crippen molar-refractivity contribution < 1.29 is 9.18 Å². The molecule has 0 heterocycles. The van der Waals surface area contributed by atoms with Gasteiger partial charge in [-0.1, -0.05) is 24.3 Å². The molecule has 0 atom stereocenters. The lowest BCUT2D eigenvalue weighted by Gasteiger charge is -2.19. The Morgan fingerprint density at radius 1 is 1.33 bits per heavy atom. The minimum Gasteiger partial charge on any atom is -0.334 e. The number of hydrogen-bond donors (Lipinski definition) is 1. The largest absolute Gasteiger partial charge is 0.334 e. The standard InChI is InChI=1S/C14H17FN2O/c1-3-8-17(9-4-2)14(18)16-11-12-6-5-7-13(15)10-12/h3-7,10H,1-2,8-9,11H2,(H,16,18). The second-order valence-corrected chi connectivity index (χ2v) is 3.77. The molecule has 3 nitrogen and oxygen atoms in total. The monoisotopic (exact) mass is 248 g/mol. The van der Waals surface area contributed by atoms with Gasteiger partial charge in [0.15, 0.2) is 0 Å². The molecule has 2 amide bonds. The van der Waals surface area contributed by atoms with Crippen LogP contribution in [-0.4, -0.2) is 24.0 Å². The Morgan fingerprint density at radius 3 is 2.56 bits per heavy atom. The minimum absolute atomic E-state index is 0.223. The molecule has 0 aromatic heterocycles. The molecule has 1 aromatic rings. The summed E-state index contributed by atoms with van der Waals surface area (Å²) in [5.74, 6) is -0.309. The highest BCUT2D eigenvalue weighted by molar-refractivity contribution is 5.74. The molecule has 0 fully saturated rings. The van der Waals surface area contributed by atoms with Crippen LogP contribution in [-0.2, 0) is 6.54 Å². The Bertz CT molecular complexity index is 422. The summed E-state index contributed by atoms with van der Waals surface area (Å²) in [7, 11) is 0. The van der Waals surface area contributed by atoms with Gasteiger partial charge in [0.1, 0.15) is 5.82 Å². The maximum Gasteiger partial charge on any atom is 0.318 e. The maximum absolute atomic E-state index is 12.9. The molecule has 0 saturated heterocycles. The average Bonchev–Trinajstić information content (AvgIpc) is 2.36. The highest BCUT2D eigenvalue weighted by Crippen LogP contribution is 2.03. The van der Waals surface area contributed by atoms with E-state index in [9.17, 15) is 9.18 Å². The summed E-state index contributed by atoms with van der Waals surface area (Å²) in [5.41, 5.74) is 0.723. The summed E-state index contributed by atoms with van der Waals surface area (Å²) in [6.07, 6.45) is 3.29. The van der Waals surface area contributed by atoms with Gasteiger partial charge in [-0.25, -0.2) is 9.18 Å². The minimum atomic E-state index is -0.309. The number of nitrogens with zero attached hydrogens (tertiary/aromatic N) is 1. The molecular formula is C14H17FN2O. The van der Waals surface area contributed by atoms with Crippen molar-refractivity contribution in [1.29, 1.82) is 0 Å². The molecule has 0 radical (unpaired) electrons. The van der Waals surface area contributed by atoms with E-state index in [-0.39, 0.29) is 11.8 Å². The first-order valence-electron chi connectivity index (χ1n) is 5.66. The van der Waals surface area contributed by atoms with Crippen molar-refractivity contribution in [3.63, 3.8) is 0 Å². The molecular weight excluding hydrogens is 231 g/mol. The van der Waals surface area contributed by atoms with Crippen molar-refractivity contribution in [2.24, 2.45) is 0 Å². The van der Waals surface area contributed by atoms with Gasteiger partial charge in [0.25, 0.3) is 0 Å². The van der Waals surface area contributed by atoms with E-state index in [4.69, 9.17) is 0 Å². The van der Waals surface area contributed by atoms with Gasteiger partial charge in [0.05, 0.1) is 0 Å². The summed E-state index contributed by atoms with van der Waals surface area (Å²) in [4.78, 5) is 13.4. The number of hydrogen-bond acceptors (Lipinski definition) is 1. The number of amides is 2. The number of halogens is 1. The summed E-state index contributed by atoms with van der Waals surface area (Å²) in [5, 5.41) is 2.72. The topological polar surface area (TPSA) is 32.3 Å². The van der Waals surface area contributed by atoms with Crippen LogP contribution in [0.1, 0.15) is 5.56 Å². The molecule has 1 aromatic carbocycles. The third-order valence-corrected chi connectivity index (χ3v) is 2.32. The average molecular weight is 248 g/mol. The van der Waals surface area contributed by atoms with Crippen LogP contribution >= 0.6 is 0 Å². The highest BCUT2D eigenvalue weighted by atomic mass is 19.1. The SMILES string of the molecule is C=CCN(CC=C)C(=O)NCc1cccc(F)c1. The van der Waals surface area contributed by atoms with Crippen LogP contribution in [0.3, 0.4) is 0 Å². The Hall–Kier alpha value is -2.10. The van der Waals surface area contributed by atoms with Crippen molar-refractivity contribution in [3.05, 3.63) is 61.0 Å². The smallest absolute Gasteiger partial charge is 0.318 e. The van der Waals surface area contributed by atoms with E-state index in [1.807, 2.05) is 0 Å². The van der Waals surface area contributed by atoms with Crippen molar-refractivity contribution in [1.82, 2.24) is 10.2 Å². The van der Waals surface area contributed by atoms with Crippen LogP contribution in [0.4, 0.5) is 9.18 Å². The lowest BCUT2D eigenvalue weighted by Crippen LogP contribution is -2.39. The molecule has 0 bridgehead atoms. The molecule has 0 unspecified atom stereocenters. The van der Waals surface area contributed by atoms with Crippen LogP contribution in [0.5, 0.6) is 0 Å². The van der Waals surface area contributed by atoms with E-state index in [0.29, 0.717) is 19.6 Å². The van der Waals surface area contributed by atoms with Crippen molar-refractivity contribution in [2.75, 3.05) is 13.1 Å². The lowest BCUT2D eigenvalue weighted by molar-refractivity contribution is 0.208. The molecule has 1 N–H and O–H groups in total. The fourth-order valence-corrected chi connectivity index (χ4v) is 1.49. The number of rotatable bonds is 6. The second-order valence-electron chi connectivity index (χ2n) is 3.77. The zero-order valence-corrected chi connectivity index (χ0v) is 10.2. The molecule has 0 aliphatic rings. The fraction of sp³-hybridized carbons (Fsp3) is 0.214. The summed E-state index contributed by atoms with van der Waals surface area (Å²) in [6, 6.07) is 5.91. The van der Waals surface area contributed by atoms with Crippen LogP contribution < -0.4 is 5.32 Å². The van der Waals surface area contributed by atoms with Gasteiger partial charge in [-0.2, -0.15) is 0 Å². The number of nitrogens with one attached hydrogen (secondary N) is 1. The number of carbonyl (C=O) groups excluding carboxylic acids is 1. The highest BCUT2D eigenvalue weighted by Gasteiger charge is 2.09. The van der Waals surface area contributed by atoms with Crippen molar-refractivity contribution in [2.45, 2.75) is 6.54 Å². The molecule has 0 aliphatic heterocycles. The molecule has 18 heavy (non-hydrogen) atoms. The number of urea groups is 1. The second kappa shape index (κ2) is 7.27. The van der Waals surface area contributed by atoms with Crippen LogP contribution in [0.2, 0.25) is 0 Å². The van der Waals surface area contributed by atoms with Crippen LogP contribution in [0, 0.1) is 5.82 Å². The third kappa shape index (κ3) is 4.41. The van der Waals surface area contributed by atoms with Gasteiger partial charge in [0, 0.05) is 19.6 Å². The fourth-order valence-electron chi connectivity index (χ4n) is 1.49. The molecule has 4 heteroatoms. The molecule has 0 saturated carbocycles. The number of benzene rings is 1. The van der Waals surface area contributed by atoms with E-state index in [1.165, 1.54) is 12.1 Å². The molecule has 96 valence electrons. The maximum atomic E-state index is 12.9. The zero-order valence-electron chi connectivity index (χ0n) is 10.2. The quantitative estimate of drug-likeness (QED) is 0.771. The van der Waals surface area contributed by atoms with Crippen LogP contribution in [0.25, 0.3) is 0 Å². The van der Waals surface area contributed by atoms with Gasteiger partial charge in [-0.05, 0) is 17.7 Å².